The van der Waals surface area contributed by atoms with E-state index in [9.17, 15) is 19.2 Å². The van der Waals surface area contributed by atoms with Gasteiger partial charge in [0.15, 0.2) is 0 Å². The Morgan fingerprint density at radius 2 is 0.833 bits per heavy atom. The Labute approximate surface area is 158 Å². The van der Waals surface area contributed by atoms with Crippen LogP contribution in [0, 0.1) is 0 Å². The van der Waals surface area contributed by atoms with Crippen LogP contribution >= 0.6 is 0 Å². The molecule has 0 aliphatic carbocycles. The summed E-state index contributed by atoms with van der Waals surface area (Å²) in [4.78, 5) is 45.9. The second-order valence-corrected chi connectivity index (χ2v) is 4.09. The first-order chi connectivity index (χ1) is 10.6. The van der Waals surface area contributed by atoms with Gasteiger partial charge in [0.05, 0.1) is 26.2 Å². The second-order valence-electron chi connectivity index (χ2n) is 4.09. The molecule has 0 aliphatic heterocycles. The summed E-state index contributed by atoms with van der Waals surface area (Å²) in [5, 5.41) is 34.5. The van der Waals surface area contributed by atoms with E-state index in [1.807, 2.05) is 0 Å². The molecule has 0 aromatic carbocycles. The molecule has 0 bridgehead atoms. The third-order valence-corrected chi connectivity index (χ3v) is 2.17. The molecule has 0 aliphatic rings. The topological polar surface area (TPSA) is 214 Å². The number of nitrogens with zero attached hydrogens (tertiary/aromatic N) is 5. The van der Waals surface area contributed by atoms with E-state index in [0.29, 0.717) is 0 Å². The summed E-state index contributed by atoms with van der Waals surface area (Å²) >= 11 is 0. The van der Waals surface area contributed by atoms with E-state index in [4.69, 9.17) is 31.5 Å². The average molecular weight is 357 g/mol. The van der Waals surface area contributed by atoms with Crippen LogP contribution in [0.2, 0.25) is 0 Å². The number of hydrogen-bond acceptors (Lipinski definition) is 6. The molecule has 0 amide bonds. The van der Waals surface area contributed by atoms with E-state index >= 15 is 0 Å². The van der Waals surface area contributed by atoms with Crippen molar-refractivity contribution in [3.63, 3.8) is 0 Å². The first-order valence-corrected chi connectivity index (χ1v) is 5.92. The van der Waals surface area contributed by atoms with Crippen LogP contribution in [0.1, 0.15) is 0 Å². The number of carboxylic acid groups (broad SMARTS) is 4. The molecule has 0 atom stereocenters. The van der Waals surface area contributed by atoms with Crippen LogP contribution in [-0.4, -0.2) is 93.4 Å². The van der Waals surface area contributed by atoms with Gasteiger partial charge in [0, 0.05) is 13.1 Å². The van der Waals surface area contributed by atoms with Gasteiger partial charge in [0.25, 0.3) is 0 Å². The van der Waals surface area contributed by atoms with Gasteiger partial charge in [0.2, 0.25) is 0 Å². The first-order valence-electron chi connectivity index (χ1n) is 5.92. The Balaban J connectivity index is -0.00000102. The van der Waals surface area contributed by atoms with Crippen LogP contribution in [0.4, 0.5) is 0 Å². The molecule has 0 saturated heterocycles. The minimum Gasteiger partial charge on any atom is -0.480 e. The molecule has 0 rings (SSSR count). The van der Waals surface area contributed by atoms with Gasteiger partial charge in [-0.1, -0.05) is 0 Å². The number of carboxylic acids is 4. The normalized spacial score (nSPS) is 9.25. The van der Waals surface area contributed by atoms with Gasteiger partial charge >= 0.3 is 53.4 Å². The van der Waals surface area contributed by atoms with Crippen LogP contribution in [0.15, 0.2) is 0 Å². The van der Waals surface area contributed by atoms with E-state index in [0.717, 1.165) is 9.80 Å². The molecule has 0 radical (unpaired) electrons. The van der Waals surface area contributed by atoms with E-state index in [1.165, 1.54) is 4.91 Å². The zero-order valence-electron chi connectivity index (χ0n) is 12.9. The molecule has 13 nitrogen and oxygen atoms in total. The van der Waals surface area contributed by atoms with Gasteiger partial charge in [-0.2, -0.15) is 0 Å². The van der Waals surface area contributed by atoms with Crippen molar-refractivity contribution in [2.24, 2.45) is 0 Å². The summed E-state index contributed by atoms with van der Waals surface area (Å²) in [7, 11) is 0. The Hall–Kier alpha value is -1.89. The first kappa shape index (κ1) is 27.0. The molecule has 24 heavy (non-hydrogen) atoms. The van der Waals surface area contributed by atoms with Gasteiger partial charge in [0.1, 0.15) is 0 Å². The quantitative estimate of drug-likeness (QED) is 0.121. The number of hydrogen-bond donors (Lipinski definition) is 4. The summed E-state index contributed by atoms with van der Waals surface area (Å²) in [5.74, 6) is -4.91. The van der Waals surface area contributed by atoms with Gasteiger partial charge in [-0.05, 0) is 0 Å². The summed E-state index contributed by atoms with van der Waals surface area (Å²) in [6, 6.07) is 0. The standard InChI is InChI=1S/C10H16N2O8.N3.Na/c13-7(14)3-11(4-8(15)16)1-2-12(5-9(17)18)6-10(19)20;1-3-2;/h1-6H2,(H,13,14)(H,15,16)(H,17,18)(H,19,20);;/q;-1;+1. The maximum Gasteiger partial charge on any atom is 1.00 e. The maximum atomic E-state index is 10.6. The van der Waals surface area contributed by atoms with Crippen molar-refractivity contribution in [1.82, 2.24) is 9.80 Å². The van der Waals surface area contributed by atoms with Gasteiger partial charge in [-0.15, -0.1) is 0 Å². The molecule has 0 aromatic rings. The van der Waals surface area contributed by atoms with Gasteiger partial charge in [-0.3, -0.25) is 33.9 Å². The van der Waals surface area contributed by atoms with Crippen molar-refractivity contribution in [2.45, 2.75) is 0 Å². The predicted octanol–water partition coefficient (Wildman–Crippen LogP) is -4.20. The Morgan fingerprint density at radius 3 is 0.958 bits per heavy atom. The Kier molecular flexibility index (Phi) is 18.0. The second kappa shape index (κ2) is 16.0. The fourth-order valence-electron chi connectivity index (χ4n) is 1.48. The summed E-state index contributed by atoms with van der Waals surface area (Å²) in [5.41, 5.74) is 13.5. The fourth-order valence-corrected chi connectivity index (χ4v) is 1.48. The molecular formula is C10H16N5NaO8. The van der Waals surface area contributed by atoms with Gasteiger partial charge in [-0.25, -0.2) is 0 Å². The molecule has 14 heteroatoms. The van der Waals surface area contributed by atoms with E-state index in [2.05, 4.69) is 0 Å². The van der Waals surface area contributed by atoms with Crippen molar-refractivity contribution >= 4 is 23.9 Å². The number of rotatable bonds is 11. The van der Waals surface area contributed by atoms with Crippen molar-refractivity contribution in [1.29, 1.82) is 0 Å². The van der Waals surface area contributed by atoms with Crippen molar-refractivity contribution in [3.05, 3.63) is 16.0 Å². The van der Waals surface area contributed by atoms with Crippen LogP contribution in [-0.2, 0) is 19.2 Å². The molecule has 4 N–H and O–H groups in total. The summed E-state index contributed by atoms with van der Waals surface area (Å²) < 4.78 is 0. The predicted molar refractivity (Wildman–Crippen MR) is 73.5 cm³/mol. The monoisotopic (exact) mass is 357 g/mol. The molecule has 0 unspecified atom stereocenters. The summed E-state index contributed by atoms with van der Waals surface area (Å²) in [6.45, 7) is -2.25. The van der Waals surface area contributed by atoms with Gasteiger partial charge < -0.3 is 31.5 Å². The van der Waals surface area contributed by atoms with Crippen LogP contribution in [0.5, 0.6) is 0 Å². The average Bonchev–Trinajstić information content (AvgIpc) is 2.33. The van der Waals surface area contributed by atoms with Crippen molar-refractivity contribution in [2.75, 3.05) is 39.3 Å². The van der Waals surface area contributed by atoms with Crippen molar-refractivity contribution < 1.29 is 69.2 Å². The molecule has 130 valence electrons. The van der Waals surface area contributed by atoms with E-state index in [-0.39, 0.29) is 42.6 Å². The summed E-state index contributed by atoms with van der Waals surface area (Å²) in [6.07, 6.45) is 0. The zero-order chi connectivity index (χ0) is 18.4. The van der Waals surface area contributed by atoms with E-state index in [1.54, 1.807) is 0 Å². The maximum absolute atomic E-state index is 10.6. The third-order valence-electron chi connectivity index (χ3n) is 2.17. The fraction of sp³-hybridized carbons (Fsp3) is 0.600. The largest absolute Gasteiger partial charge is 1.00 e. The molecular weight excluding hydrogens is 341 g/mol. The number of carbonyl (C=O) groups is 4. The van der Waals surface area contributed by atoms with Crippen LogP contribution in [0.3, 0.4) is 0 Å². The molecule has 0 fully saturated rings. The molecule has 0 aromatic heterocycles. The minimum atomic E-state index is -1.23. The molecule has 0 heterocycles. The minimum absolute atomic E-state index is 0. The van der Waals surface area contributed by atoms with Crippen molar-refractivity contribution in [3.8, 4) is 0 Å². The smallest absolute Gasteiger partial charge is 0.480 e. The third kappa shape index (κ3) is 20.1. The molecule has 0 saturated carbocycles. The Bertz CT molecular complexity index is 400. The SMILES string of the molecule is O=C(O)CN(CCN(CC(=O)O)CC(=O)O)CC(=O)O.[N-]=[N+]=[N-].[Na+]. The van der Waals surface area contributed by atoms with Crippen LogP contribution in [0.25, 0.3) is 16.0 Å². The number of aliphatic carboxylic acids is 4. The van der Waals surface area contributed by atoms with E-state index < -0.39 is 50.1 Å². The zero-order valence-corrected chi connectivity index (χ0v) is 14.9. The van der Waals surface area contributed by atoms with Crippen LogP contribution < -0.4 is 29.6 Å². The Morgan fingerprint density at radius 1 is 0.667 bits per heavy atom. The molecule has 0 spiro atoms.